The molecule has 1 aliphatic heterocycles. The molecule has 0 saturated heterocycles. The number of rotatable bonds is 3. The molecule has 0 bridgehead atoms. The summed E-state index contributed by atoms with van der Waals surface area (Å²) in [7, 11) is 0. The molecule has 3 nitrogen and oxygen atoms in total. The van der Waals surface area contributed by atoms with Gasteiger partial charge in [-0.05, 0) is 12.1 Å². The van der Waals surface area contributed by atoms with Gasteiger partial charge in [0.1, 0.15) is 19.1 Å². The third-order valence-electron chi connectivity index (χ3n) is 2.18. The van der Waals surface area contributed by atoms with Gasteiger partial charge >= 0.3 is 0 Å². The van der Waals surface area contributed by atoms with E-state index >= 15 is 0 Å². The summed E-state index contributed by atoms with van der Waals surface area (Å²) in [6.45, 7) is -0.166. The number of hydrogen-bond donors (Lipinski definition) is 0. The van der Waals surface area contributed by atoms with Gasteiger partial charge in [-0.1, -0.05) is 12.1 Å². The molecular weight excluding hydrogens is 197 g/mol. The predicted octanol–water partition coefficient (Wildman–Crippen LogP) is 1.61. The summed E-state index contributed by atoms with van der Waals surface area (Å²) in [6.07, 6.45) is 0.316. The molecule has 0 fully saturated rings. The largest absolute Gasteiger partial charge is 0.469 e. The minimum absolute atomic E-state index is 0.362. The maximum absolute atomic E-state index is 12.3. The summed E-state index contributed by atoms with van der Waals surface area (Å²) in [6, 6.07) is 6.83. The van der Waals surface area contributed by atoms with Crippen molar-refractivity contribution >= 4 is 12.2 Å². The van der Waals surface area contributed by atoms with Crippen molar-refractivity contribution in [3.05, 3.63) is 35.4 Å². The molecule has 0 N–H and O–H groups in total. The molecule has 1 aromatic rings. The molecule has 4 heteroatoms. The van der Waals surface area contributed by atoms with Crippen LogP contribution in [0.5, 0.6) is 0 Å². The Kier molecular flexibility index (Phi) is 2.76. The molecule has 78 valence electrons. The monoisotopic (exact) mass is 207 g/mol. The zero-order chi connectivity index (χ0) is 10.7. The van der Waals surface area contributed by atoms with Crippen LogP contribution in [-0.2, 0) is 4.74 Å². The second kappa shape index (κ2) is 4.21. The SMILES string of the molecule is O=Cc1ccc(C2=NCC(CF)O2)cc1. The number of alkyl halides is 1. The standard InChI is InChI=1S/C11H10FNO2/c12-5-10-6-13-11(15-10)9-3-1-8(7-14)2-4-9/h1-4,7,10H,5-6H2. The van der Waals surface area contributed by atoms with Crippen molar-refractivity contribution in [2.24, 2.45) is 4.99 Å². The first-order valence-corrected chi connectivity index (χ1v) is 4.66. The summed E-state index contributed by atoms with van der Waals surface area (Å²) >= 11 is 0. The smallest absolute Gasteiger partial charge is 0.216 e. The van der Waals surface area contributed by atoms with Crippen molar-refractivity contribution in [2.75, 3.05) is 13.2 Å². The second-order valence-electron chi connectivity index (χ2n) is 3.28. The van der Waals surface area contributed by atoms with E-state index in [1.165, 1.54) is 0 Å². The zero-order valence-corrected chi connectivity index (χ0v) is 8.02. The highest BCUT2D eigenvalue weighted by molar-refractivity contribution is 5.95. The lowest BCUT2D eigenvalue weighted by atomic mass is 10.1. The van der Waals surface area contributed by atoms with Gasteiger partial charge in [0.05, 0.1) is 6.54 Å². The van der Waals surface area contributed by atoms with E-state index in [2.05, 4.69) is 4.99 Å². The number of aliphatic imine (C=N–C) groups is 1. The maximum atomic E-state index is 12.3. The lowest BCUT2D eigenvalue weighted by Crippen LogP contribution is -2.15. The zero-order valence-electron chi connectivity index (χ0n) is 8.02. The normalized spacial score (nSPS) is 19.5. The van der Waals surface area contributed by atoms with Crippen LogP contribution in [0.25, 0.3) is 0 Å². The van der Waals surface area contributed by atoms with E-state index in [0.717, 1.165) is 11.8 Å². The van der Waals surface area contributed by atoms with E-state index in [4.69, 9.17) is 4.74 Å². The van der Waals surface area contributed by atoms with Crippen molar-refractivity contribution in [2.45, 2.75) is 6.10 Å². The van der Waals surface area contributed by atoms with Gasteiger partial charge in [0, 0.05) is 11.1 Å². The Morgan fingerprint density at radius 1 is 1.47 bits per heavy atom. The number of carbonyl (C=O) groups excluding carboxylic acids is 1. The first-order valence-electron chi connectivity index (χ1n) is 4.66. The summed E-state index contributed by atoms with van der Waals surface area (Å²) in [4.78, 5) is 14.5. The predicted molar refractivity (Wildman–Crippen MR) is 54.1 cm³/mol. The number of benzene rings is 1. The number of hydrogen-bond acceptors (Lipinski definition) is 3. The van der Waals surface area contributed by atoms with E-state index in [-0.39, 0.29) is 0 Å². The van der Waals surface area contributed by atoms with E-state index in [9.17, 15) is 9.18 Å². The molecule has 15 heavy (non-hydrogen) atoms. The average molecular weight is 207 g/mol. The van der Waals surface area contributed by atoms with Crippen molar-refractivity contribution in [1.82, 2.24) is 0 Å². The van der Waals surface area contributed by atoms with Gasteiger partial charge in [-0.3, -0.25) is 4.79 Å². The van der Waals surface area contributed by atoms with Gasteiger partial charge in [0.2, 0.25) is 5.90 Å². The van der Waals surface area contributed by atoms with Crippen LogP contribution in [0.1, 0.15) is 15.9 Å². The summed E-state index contributed by atoms with van der Waals surface area (Å²) < 4.78 is 17.5. The Balaban J connectivity index is 2.14. The fourth-order valence-corrected chi connectivity index (χ4v) is 1.36. The third kappa shape index (κ3) is 2.03. The molecule has 1 unspecified atom stereocenters. The van der Waals surface area contributed by atoms with Gasteiger partial charge in [-0.2, -0.15) is 0 Å². The Morgan fingerprint density at radius 2 is 2.20 bits per heavy atom. The minimum Gasteiger partial charge on any atom is -0.469 e. The molecule has 2 rings (SSSR count). The van der Waals surface area contributed by atoms with Crippen LogP contribution in [-0.4, -0.2) is 31.5 Å². The van der Waals surface area contributed by atoms with Crippen LogP contribution < -0.4 is 0 Å². The first kappa shape index (κ1) is 9.83. The molecule has 1 aliphatic rings. The van der Waals surface area contributed by atoms with Gasteiger partial charge in [0.25, 0.3) is 0 Å². The van der Waals surface area contributed by atoms with Gasteiger partial charge in [0.15, 0.2) is 0 Å². The lowest BCUT2D eigenvalue weighted by Gasteiger charge is -2.06. The average Bonchev–Trinajstić information content (AvgIpc) is 2.78. The number of nitrogens with zero attached hydrogens (tertiary/aromatic N) is 1. The fourth-order valence-electron chi connectivity index (χ4n) is 1.36. The molecule has 0 amide bonds. The maximum Gasteiger partial charge on any atom is 0.216 e. The Hall–Kier alpha value is -1.71. The Morgan fingerprint density at radius 3 is 2.73 bits per heavy atom. The first-order chi connectivity index (χ1) is 7.33. The van der Waals surface area contributed by atoms with Crippen molar-refractivity contribution in [3.63, 3.8) is 0 Å². The number of halogens is 1. The molecule has 0 radical (unpaired) electrons. The van der Waals surface area contributed by atoms with Crippen LogP contribution >= 0.6 is 0 Å². The number of aldehydes is 1. The summed E-state index contributed by atoms with van der Waals surface area (Å²) in [5, 5.41) is 0. The highest BCUT2D eigenvalue weighted by Gasteiger charge is 2.20. The highest BCUT2D eigenvalue weighted by atomic mass is 19.1. The second-order valence-corrected chi connectivity index (χ2v) is 3.28. The van der Waals surface area contributed by atoms with E-state index in [1.54, 1.807) is 24.3 Å². The van der Waals surface area contributed by atoms with Gasteiger partial charge < -0.3 is 4.74 Å². The topological polar surface area (TPSA) is 38.7 Å². The van der Waals surface area contributed by atoms with E-state index in [0.29, 0.717) is 18.0 Å². The molecule has 0 saturated carbocycles. The Bertz CT molecular complexity index is 386. The molecule has 0 aliphatic carbocycles. The molecule has 1 heterocycles. The van der Waals surface area contributed by atoms with Crippen molar-refractivity contribution in [1.29, 1.82) is 0 Å². The minimum atomic E-state index is -0.528. The number of carbonyl (C=O) groups is 1. The van der Waals surface area contributed by atoms with Crippen LogP contribution in [0.3, 0.4) is 0 Å². The Labute approximate surface area is 86.6 Å². The van der Waals surface area contributed by atoms with Crippen molar-refractivity contribution in [3.8, 4) is 0 Å². The molecule has 1 atom stereocenters. The van der Waals surface area contributed by atoms with Crippen LogP contribution in [0, 0.1) is 0 Å². The molecule has 0 spiro atoms. The highest BCUT2D eigenvalue weighted by Crippen LogP contribution is 2.13. The lowest BCUT2D eigenvalue weighted by molar-refractivity contribution is 0.112. The van der Waals surface area contributed by atoms with Gasteiger partial charge in [-0.25, -0.2) is 9.38 Å². The number of ether oxygens (including phenoxy) is 1. The molecule has 0 aromatic heterocycles. The van der Waals surface area contributed by atoms with E-state index < -0.39 is 12.8 Å². The van der Waals surface area contributed by atoms with Crippen molar-refractivity contribution < 1.29 is 13.9 Å². The fraction of sp³-hybridized carbons (Fsp3) is 0.273. The van der Waals surface area contributed by atoms with Crippen LogP contribution in [0.4, 0.5) is 4.39 Å². The molecule has 1 aromatic carbocycles. The van der Waals surface area contributed by atoms with Gasteiger partial charge in [-0.15, -0.1) is 0 Å². The third-order valence-corrected chi connectivity index (χ3v) is 2.18. The van der Waals surface area contributed by atoms with E-state index in [1.807, 2.05) is 0 Å². The van der Waals surface area contributed by atoms with Crippen LogP contribution in [0.15, 0.2) is 29.3 Å². The summed E-state index contributed by atoms with van der Waals surface area (Å²) in [5.41, 5.74) is 1.37. The quantitative estimate of drug-likeness (QED) is 0.706. The van der Waals surface area contributed by atoms with Crippen LogP contribution in [0.2, 0.25) is 0 Å². The molecular formula is C11H10FNO2. The summed E-state index contributed by atoms with van der Waals surface area (Å²) in [5.74, 6) is 0.454.